The van der Waals surface area contributed by atoms with Gasteiger partial charge in [-0.3, -0.25) is 4.79 Å². The topological polar surface area (TPSA) is 51.2 Å². The summed E-state index contributed by atoms with van der Waals surface area (Å²) in [6.07, 6.45) is 4.58. The monoisotopic (exact) mass is 288 g/mol. The zero-order valence-electron chi connectivity index (χ0n) is 10.8. The van der Waals surface area contributed by atoms with Crippen LogP contribution < -0.4 is 10.1 Å². The fourth-order valence-electron chi connectivity index (χ4n) is 1.59. The van der Waals surface area contributed by atoms with Gasteiger partial charge in [0, 0.05) is 17.8 Å². The Bertz CT molecular complexity index is 624. The van der Waals surface area contributed by atoms with Crippen LogP contribution in [0.2, 0.25) is 5.02 Å². The molecule has 2 aromatic rings. The van der Waals surface area contributed by atoms with Crippen LogP contribution in [-0.4, -0.2) is 18.0 Å². The summed E-state index contributed by atoms with van der Waals surface area (Å²) in [6, 6.07) is 10.7. The minimum Gasteiger partial charge on any atom is -0.496 e. The van der Waals surface area contributed by atoms with Crippen molar-refractivity contribution in [1.29, 1.82) is 0 Å². The van der Waals surface area contributed by atoms with Crippen LogP contribution >= 0.6 is 11.6 Å². The minimum absolute atomic E-state index is 0.272. The van der Waals surface area contributed by atoms with Crippen LogP contribution in [0, 0.1) is 0 Å². The predicted octanol–water partition coefficient (Wildman–Crippen LogP) is 3.40. The SMILES string of the molecule is COc1ccccc1/C=C/C(=O)Nc1ccc(Cl)cn1. The summed E-state index contributed by atoms with van der Waals surface area (Å²) in [5.41, 5.74) is 0.828. The van der Waals surface area contributed by atoms with Gasteiger partial charge in [0.2, 0.25) is 5.91 Å². The first kappa shape index (κ1) is 14.1. The Morgan fingerprint density at radius 3 is 2.80 bits per heavy atom. The molecule has 1 amide bonds. The third-order valence-electron chi connectivity index (χ3n) is 2.53. The van der Waals surface area contributed by atoms with Crippen molar-refractivity contribution in [1.82, 2.24) is 4.98 Å². The van der Waals surface area contributed by atoms with E-state index < -0.39 is 0 Å². The van der Waals surface area contributed by atoms with Gasteiger partial charge in [-0.25, -0.2) is 4.98 Å². The molecule has 1 N–H and O–H groups in total. The first-order valence-corrected chi connectivity index (χ1v) is 6.30. The number of ether oxygens (including phenoxy) is 1. The Hall–Kier alpha value is -2.33. The zero-order chi connectivity index (χ0) is 14.4. The van der Waals surface area contributed by atoms with Gasteiger partial charge in [0.25, 0.3) is 0 Å². The van der Waals surface area contributed by atoms with Crippen molar-refractivity contribution in [3.8, 4) is 5.75 Å². The number of nitrogens with zero attached hydrogens (tertiary/aromatic N) is 1. The zero-order valence-corrected chi connectivity index (χ0v) is 11.6. The highest BCUT2D eigenvalue weighted by Gasteiger charge is 2.01. The van der Waals surface area contributed by atoms with E-state index in [-0.39, 0.29) is 5.91 Å². The van der Waals surface area contributed by atoms with Crippen LogP contribution in [0.4, 0.5) is 5.82 Å². The van der Waals surface area contributed by atoms with Gasteiger partial charge < -0.3 is 10.1 Å². The Kier molecular flexibility index (Phi) is 4.74. The van der Waals surface area contributed by atoms with Gasteiger partial charge in [0.1, 0.15) is 11.6 Å². The van der Waals surface area contributed by atoms with E-state index in [4.69, 9.17) is 16.3 Å². The summed E-state index contributed by atoms with van der Waals surface area (Å²) >= 11 is 5.72. The number of carbonyl (C=O) groups is 1. The molecule has 1 heterocycles. The second kappa shape index (κ2) is 6.73. The van der Waals surface area contributed by atoms with Crippen molar-refractivity contribution < 1.29 is 9.53 Å². The number of pyridine rings is 1. The third-order valence-corrected chi connectivity index (χ3v) is 2.76. The van der Waals surface area contributed by atoms with E-state index in [0.29, 0.717) is 16.6 Å². The lowest BCUT2D eigenvalue weighted by Crippen LogP contribution is -2.08. The quantitative estimate of drug-likeness (QED) is 0.877. The lowest BCUT2D eigenvalue weighted by molar-refractivity contribution is -0.111. The summed E-state index contributed by atoms with van der Waals surface area (Å²) in [5, 5.41) is 3.16. The van der Waals surface area contributed by atoms with Crippen LogP contribution in [0.5, 0.6) is 5.75 Å². The Labute approximate surface area is 122 Å². The van der Waals surface area contributed by atoms with Crippen LogP contribution in [0.1, 0.15) is 5.56 Å². The number of nitrogens with one attached hydrogen (secondary N) is 1. The fraction of sp³-hybridized carbons (Fsp3) is 0.0667. The molecule has 0 saturated carbocycles. The minimum atomic E-state index is -0.272. The molecule has 1 aromatic carbocycles. The molecular weight excluding hydrogens is 276 g/mol. The third kappa shape index (κ3) is 3.83. The maximum absolute atomic E-state index is 11.8. The first-order valence-electron chi connectivity index (χ1n) is 5.92. The van der Waals surface area contributed by atoms with Gasteiger partial charge >= 0.3 is 0 Å². The van der Waals surface area contributed by atoms with Gasteiger partial charge in [-0.2, -0.15) is 0 Å². The highest BCUT2D eigenvalue weighted by atomic mass is 35.5. The van der Waals surface area contributed by atoms with E-state index >= 15 is 0 Å². The van der Waals surface area contributed by atoms with Crippen molar-refractivity contribution in [2.75, 3.05) is 12.4 Å². The van der Waals surface area contributed by atoms with E-state index in [1.807, 2.05) is 24.3 Å². The number of rotatable bonds is 4. The molecule has 4 nitrogen and oxygen atoms in total. The summed E-state index contributed by atoms with van der Waals surface area (Å²) < 4.78 is 5.20. The van der Waals surface area contributed by atoms with E-state index in [1.54, 1.807) is 25.3 Å². The average Bonchev–Trinajstić information content (AvgIpc) is 2.48. The molecule has 0 radical (unpaired) electrons. The van der Waals surface area contributed by atoms with Crippen LogP contribution in [0.3, 0.4) is 0 Å². The Morgan fingerprint density at radius 1 is 1.30 bits per heavy atom. The van der Waals surface area contributed by atoms with Gasteiger partial charge in [-0.15, -0.1) is 0 Å². The molecule has 0 bridgehead atoms. The first-order chi connectivity index (χ1) is 9.69. The summed E-state index contributed by atoms with van der Waals surface area (Å²) in [4.78, 5) is 15.7. The summed E-state index contributed by atoms with van der Waals surface area (Å²) in [7, 11) is 1.59. The van der Waals surface area contributed by atoms with Gasteiger partial charge in [-0.05, 0) is 24.3 Å². The van der Waals surface area contributed by atoms with Crippen LogP contribution in [0.15, 0.2) is 48.7 Å². The molecule has 0 saturated heterocycles. The molecule has 102 valence electrons. The van der Waals surface area contributed by atoms with Crippen molar-refractivity contribution >= 4 is 29.4 Å². The largest absolute Gasteiger partial charge is 0.496 e. The number of amides is 1. The Morgan fingerprint density at radius 2 is 2.10 bits per heavy atom. The number of methoxy groups -OCH3 is 1. The molecule has 5 heteroatoms. The molecule has 0 spiro atoms. The van der Waals surface area contributed by atoms with E-state index in [0.717, 1.165) is 5.56 Å². The molecule has 0 fully saturated rings. The number of carbonyl (C=O) groups excluding carboxylic acids is 1. The van der Waals surface area contributed by atoms with Gasteiger partial charge in [-0.1, -0.05) is 29.8 Å². The van der Waals surface area contributed by atoms with Crippen LogP contribution in [0.25, 0.3) is 6.08 Å². The number of aromatic nitrogens is 1. The van der Waals surface area contributed by atoms with Crippen molar-refractivity contribution in [2.45, 2.75) is 0 Å². The van der Waals surface area contributed by atoms with E-state index in [2.05, 4.69) is 10.3 Å². The fourth-order valence-corrected chi connectivity index (χ4v) is 1.70. The number of hydrogen-bond donors (Lipinski definition) is 1. The molecule has 0 aliphatic rings. The summed E-state index contributed by atoms with van der Waals surface area (Å²) in [5.74, 6) is 0.885. The number of hydrogen-bond acceptors (Lipinski definition) is 3. The number of anilines is 1. The number of halogens is 1. The molecule has 20 heavy (non-hydrogen) atoms. The number of para-hydroxylation sites is 1. The maximum Gasteiger partial charge on any atom is 0.249 e. The molecule has 0 aliphatic carbocycles. The number of benzene rings is 1. The lowest BCUT2D eigenvalue weighted by atomic mass is 10.2. The molecule has 2 rings (SSSR count). The molecule has 1 aromatic heterocycles. The van der Waals surface area contributed by atoms with E-state index in [1.165, 1.54) is 12.3 Å². The molecular formula is C15H13ClN2O2. The highest BCUT2D eigenvalue weighted by Crippen LogP contribution is 2.18. The highest BCUT2D eigenvalue weighted by molar-refractivity contribution is 6.30. The lowest BCUT2D eigenvalue weighted by Gasteiger charge is -2.03. The van der Waals surface area contributed by atoms with Crippen LogP contribution in [-0.2, 0) is 4.79 Å². The Balaban J connectivity index is 2.04. The van der Waals surface area contributed by atoms with Crippen molar-refractivity contribution in [2.24, 2.45) is 0 Å². The second-order valence-corrected chi connectivity index (χ2v) is 4.36. The van der Waals surface area contributed by atoms with E-state index in [9.17, 15) is 4.79 Å². The van der Waals surface area contributed by atoms with Crippen molar-refractivity contribution in [3.05, 3.63) is 59.3 Å². The maximum atomic E-state index is 11.8. The average molecular weight is 289 g/mol. The molecule has 0 aliphatic heterocycles. The predicted molar refractivity (Wildman–Crippen MR) is 79.9 cm³/mol. The van der Waals surface area contributed by atoms with Gasteiger partial charge in [0.05, 0.1) is 12.1 Å². The second-order valence-electron chi connectivity index (χ2n) is 3.93. The smallest absolute Gasteiger partial charge is 0.249 e. The van der Waals surface area contributed by atoms with Crippen molar-refractivity contribution in [3.63, 3.8) is 0 Å². The summed E-state index contributed by atoms with van der Waals surface area (Å²) in [6.45, 7) is 0. The standard InChI is InChI=1S/C15H13ClN2O2/c1-20-13-5-3-2-4-11(13)6-9-15(19)18-14-8-7-12(16)10-17-14/h2-10H,1H3,(H,17,18,19)/b9-6+. The molecule has 0 atom stereocenters. The normalized spacial score (nSPS) is 10.5. The van der Waals surface area contributed by atoms with Gasteiger partial charge in [0.15, 0.2) is 0 Å². The molecule has 0 unspecified atom stereocenters.